The van der Waals surface area contributed by atoms with Crippen LogP contribution in [-0.4, -0.2) is 13.2 Å². The molecule has 0 aliphatic carbocycles. The molecule has 0 N–H and O–H groups in total. The fraction of sp³-hybridized carbons (Fsp3) is 0.600. The fourth-order valence-electron chi connectivity index (χ4n) is 1.81. The van der Waals surface area contributed by atoms with Crippen molar-refractivity contribution in [1.29, 1.82) is 0 Å². The van der Waals surface area contributed by atoms with Crippen LogP contribution in [0.25, 0.3) is 0 Å². The number of hydrogen-bond acceptors (Lipinski definition) is 2. The van der Waals surface area contributed by atoms with E-state index < -0.39 is 5.79 Å². The van der Waals surface area contributed by atoms with Crippen molar-refractivity contribution in [3.05, 3.63) is 35.1 Å². The minimum absolute atomic E-state index is 0.164. The summed E-state index contributed by atoms with van der Waals surface area (Å²) < 4.78 is 24.3. The van der Waals surface area contributed by atoms with Gasteiger partial charge in [-0.3, -0.25) is 0 Å². The maximum atomic E-state index is 13.3. The Morgan fingerprint density at radius 2 is 1.72 bits per heavy atom. The van der Waals surface area contributed by atoms with E-state index in [9.17, 15) is 4.39 Å². The molecule has 1 aliphatic rings. The summed E-state index contributed by atoms with van der Waals surface area (Å²) in [5.74, 6) is -0.861. The number of aryl methyl sites for hydroxylation is 1. The highest BCUT2D eigenvalue weighted by atomic mass is 19.1. The lowest BCUT2D eigenvalue weighted by atomic mass is 10.0. The Kier molecular flexibility index (Phi) is 5.76. The minimum atomic E-state index is -0.697. The Labute approximate surface area is 109 Å². The Hall–Kier alpha value is -0.930. The van der Waals surface area contributed by atoms with Crippen LogP contribution in [0.4, 0.5) is 4.39 Å². The lowest BCUT2D eigenvalue weighted by Crippen LogP contribution is -2.22. The molecule has 2 rings (SSSR count). The molecule has 3 heteroatoms. The molecule has 1 aliphatic heterocycles. The van der Waals surface area contributed by atoms with Gasteiger partial charge in [-0.05, 0) is 31.0 Å². The second kappa shape index (κ2) is 6.86. The quantitative estimate of drug-likeness (QED) is 0.793. The van der Waals surface area contributed by atoms with E-state index in [1.807, 2.05) is 19.9 Å². The molecule has 0 bridgehead atoms. The van der Waals surface area contributed by atoms with E-state index in [4.69, 9.17) is 9.47 Å². The van der Waals surface area contributed by atoms with E-state index >= 15 is 0 Å². The largest absolute Gasteiger partial charge is 0.344 e. The molecule has 1 fully saturated rings. The summed E-state index contributed by atoms with van der Waals surface area (Å²) in [5, 5.41) is 0. The molecule has 0 saturated carbocycles. The highest BCUT2D eigenvalue weighted by molar-refractivity contribution is 5.28. The van der Waals surface area contributed by atoms with Crippen LogP contribution in [0.15, 0.2) is 18.2 Å². The molecule has 0 radical (unpaired) electrons. The van der Waals surface area contributed by atoms with Crippen molar-refractivity contribution < 1.29 is 13.9 Å². The van der Waals surface area contributed by atoms with Gasteiger partial charge in [-0.2, -0.15) is 0 Å². The smallest absolute Gasteiger partial charge is 0.192 e. The first-order valence-corrected chi connectivity index (χ1v) is 6.64. The van der Waals surface area contributed by atoms with Crippen molar-refractivity contribution in [2.45, 2.75) is 46.3 Å². The molecule has 1 heterocycles. The predicted molar refractivity (Wildman–Crippen MR) is 71.0 cm³/mol. The second-order valence-corrected chi connectivity index (χ2v) is 4.51. The number of benzene rings is 1. The van der Waals surface area contributed by atoms with Gasteiger partial charge < -0.3 is 9.47 Å². The zero-order chi connectivity index (χ0) is 13.6. The average molecular weight is 254 g/mol. The van der Waals surface area contributed by atoms with Crippen molar-refractivity contribution in [2.75, 3.05) is 13.2 Å². The normalized spacial score (nSPS) is 17.2. The van der Waals surface area contributed by atoms with E-state index in [-0.39, 0.29) is 5.82 Å². The van der Waals surface area contributed by atoms with Crippen LogP contribution in [0.5, 0.6) is 0 Å². The first kappa shape index (κ1) is 15.1. The van der Waals surface area contributed by atoms with Gasteiger partial charge in [0, 0.05) is 5.56 Å². The van der Waals surface area contributed by atoms with Gasteiger partial charge in [-0.15, -0.1) is 0 Å². The number of rotatable bonds is 2. The van der Waals surface area contributed by atoms with Gasteiger partial charge in [-0.25, -0.2) is 4.39 Å². The third kappa shape index (κ3) is 3.53. The molecular formula is C15H23FO2. The molecule has 0 aromatic heterocycles. The number of ether oxygens (including phenoxy) is 2. The number of hydrogen-bond donors (Lipinski definition) is 0. The highest BCUT2D eigenvalue weighted by Crippen LogP contribution is 2.31. The Bertz CT molecular complexity index is 371. The van der Waals surface area contributed by atoms with Crippen molar-refractivity contribution in [1.82, 2.24) is 0 Å². The molecule has 1 saturated heterocycles. The van der Waals surface area contributed by atoms with Crippen LogP contribution in [0.2, 0.25) is 0 Å². The summed E-state index contributed by atoms with van der Waals surface area (Å²) in [6, 6.07) is 5.02. The van der Waals surface area contributed by atoms with Crippen molar-refractivity contribution in [3.8, 4) is 0 Å². The lowest BCUT2D eigenvalue weighted by Gasteiger charge is -2.23. The van der Waals surface area contributed by atoms with E-state index in [0.29, 0.717) is 25.2 Å². The minimum Gasteiger partial charge on any atom is -0.344 e. The van der Waals surface area contributed by atoms with Crippen LogP contribution in [-0.2, 0) is 21.7 Å². The Balaban J connectivity index is 0.000000492. The standard InChI is InChI=1S/C12H15FO2.C3H8/c1-3-9-8-10(4-5-11(9)13)12(2)14-6-7-15-12;1-3-2/h4-5,8H,3,6-7H2,1-2H3;3H2,1-2H3. The number of halogens is 1. The zero-order valence-electron chi connectivity index (χ0n) is 11.8. The van der Waals surface area contributed by atoms with Gasteiger partial charge in [0.05, 0.1) is 13.2 Å². The molecule has 0 atom stereocenters. The van der Waals surface area contributed by atoms with Crippen LogP contribution < -0.4 is 0 Å². The molecule has 0 spiro atoms. The summed E-state index contributed by atoms with van der Waals surface area (Å²) >= 11 is 0. The summed E-state index contributed by atoms with van der Waals surface area (Å²) in [4.78, 5) is 0. The van der Waals surface area contributed by atoms with Gasteiger partial charge in [0.1, 0.15) is 5.82 Å². The first-order valence-electron chi connectivity index (χ1n) is 6.64. The monoisotopic (exact) mass is 254 g/mol. The van der Waals surface area contributed by atoms with Crippen LogP contribution in [0.3, 0.4) is 0 Å². The van der Waals surface area contributed by atoms with Crippen LogP contribution in [0, 0.1) is 5.82 Å². The van der Waals surface area contributed by atoms with Gasteiger partial charge >= 0.3 is 0 Å². The van der Waals surface area contributed by atoms with E-state index in [2.05, 4.69) is 13.8 Å². The zero-order valence-corrected chi connectivity index (χ0v) is 11.8. The summed E-state index contributed by atoms with van der Waals surface area (Å²) in [6.45, 7) is 9.23. The third-order valence-corrected chi connectivity index (χ3v) is 2.79. The van der Waals surface area contributed by atoms with Crippen molar-refractivity contribution in [2.24, 2.45) is 0 Å². The van der Waals surface area contributed by atoms with Gasteiger partial charge in [0.25, 0.3) is 0 Å². The summed E-state index contributed by atoms with van der Waals surface area (Å²) in [5.41, 5.74) is 1.59. The van der Waals surface area contributed by atoms with Crippen molar-refractivity contribution >= 4 is 0 Å². The second-order valence-electron chi connectivity index (χ2n) is 4.51. The molecule has 1 aromatic rings. The van der Waals surface area contributed by atoms with Crippen LogP contribution in [0.1, 0.15) is 45.2 Å². The van der Waals surface area contributed by atoms with E-state index in [1.165, 1.54) is 12.5 Å². The van der Waals surface area contributed by atoms with Gasteiger partial charge in [0.15, 0.2) is 5.79 Å². The molecule has 0 unspecified atom stereocenters. The molecular weight excluding hydrogens is 231 g/mol. The highest BCUT2D eigenvalue weighted by Gasteiger charge is 2.33. The molecule has 1 aromatic carbocycles. The van der Waals surface area contributed by atoms with Gasteiger partial charge in [-0.1, -0.05) is 33.3 Å². The topological polar surface area (TPSA) is 18.5 Å². The summed E-state index contributed by atoms with van der Waals surface area (Å²) in [7, 11) is 0. The van der Waals surface area contributed by atoms with E-state index in [0.717, 1.165) is 5.56 Å². The van der Waals surface area contributed by atoms with Crippen LogP contribution >= 0.6 is 0 Å². The summed E-state index contributed by atoms with van der Waals surface area (Å²) in [6.07, 6.45) is 1.93. The molecule has 0 amide bonds. The molecule has 2 nitrogen and oxygen atoms in total. The van der Waals surface area contributed by atoms with Crippen molar-refractivity contribution in [3.63, 3.8) is 0 Å². The SMILES string of the molecule is CCC.CCc1cc(C2(C)OCCO2)ccc1F. The average Bonchev–Trinajstić information content (AvgIpc) is 2.79. The molecule has 18 heavy (non-hydrogen) atoms. The predicted octanol–water partition coefficient (Wildman–Crippen LogP) is 4.02. The fourth-order valence-corrected chi connectivity index (χ4v) is 1.81. The van der Waals surface area contributed by atoms with Gasteiger partial charge in [0.2, 0.25) is 0 Å². The lowest BCUT2D eigenvalue weighted by molar-refractivity contribution is -0.149. The Morgan fingerprint density at radius 3 is 2.22 bits per heavy atom. The first-order chi connectivity index (χ1) is 8.57. The maximum Gasteiger partial charge on any atom is 0.192 e. The maximum absolute atomic E-state index is 13.3. The van der Waals surface area contributed by atoms with E-state index in [1.54, 1.807) is 6.07 Å². The molecule has 102 valence electrons. The Morgan fingerprint density at radius 1 is 1.17 bits per heavy atom. The third-order valence-electron chi connectivity index (χ3n) is 2.79.